The molecule has 5 heteroatoms. The summed E-state index contributed by atoms with van der Waals surface area (Å²) in [6.45, 7) is 11.1. The minimum atomic E-state index is 0.760. The minimum Gasteiger partial charge on any atom is -0.497 e. The second kappa shape index (κ2) is 10.8. The molecule has 3 rings (SSSR count). The van der Waals surface area contributed by atoms with Gasteiger partial charge in [-0.15, -0.1) is 0 Å². The lowest BCUT2D eigenvalue weighted by Gasteiger charge is -2.34. The van der Waals surface area contributed by atoms with Gasteiger partial charge in [-0.1, -0.05) is 19.1 Å². The summed E-state index contributed by atoms with van der Waals surface area (Å²) in [5.74, 6) is 1.70. The highest BCUT2D eigenvalue weighted by molar-refractivity contribution is 5.27. The number of ether oxygens (including phenoxy) is 1. The van der Waals surface area contributed by atoms with Gasteiger partial charge in [0.25, 0.3) is 0 Å². The SMILES string of the molecule is CCCn1cc(CN(C)CC2CCCN(CCc3ccc(OC)cc3)C2)c(C)n1. The van der Waals surface area contributed by atoms with E-state index >= 15 is 0 Å². The van der Waals surface area contributed by atoms with E-state index < -0.39 is 0 Å². The number of likely N-dealkylation sites (tertiary alicyclic amines) is 1. The number of aryl methyl sites for hydroxylation is 2. The average molecular weight is 399 g/mol. The molecular formula is C24H38N4O. The Morgan fingerprint density at radius 2 is 2.00 bits per heavy atom. The summed E-state index contributed by atoms with van der Waals surface area (Å²) in [7, 11) is 3.98. The van der Waals surface area contributed by atoms with Crippen LogP contribution in [0.4, 0.5) is 0 Å². The number of nitrogens with zero attached hydrogens (tertiary/aromatic N) is 4. The Bertz CT molecular complexity index is 740. The van der Waals surface area contributed by atoms with Crippen LogP contribution in [0.3, 0.4) is 0 Å². The molecule has 1 saturated heterocycles. The highest BCUT2D eigenvalue weighted by atomic mass is 16.5. The molecule has 0 amide bonds. The molecule has 0 bridgehead atoms. The molecule has 29 heavy (non-hydrogen) atoms. The quantitative estimate of drug-likeness (QED) is 0.606. The number of rotatable bonds is 10. The van der Waals surface area contributed by atoms with E-state index in [4.69, 9.17) is 4.74 Å². The first kappa shape index (κ1) is 21.8. The fourth-order valence-electron chi connectivity index (χ4n) is 4.44. The van der Waals surface area contributed by atoms with E-state index in [0.29, 0.717) is 0 Å². The Labute approximate surface area is 176 Å². The third-order valence-electron chi connectivity index (χ3n) is 5.99. The maximum absolute atomic E-state index is 5.26. The van der Waals surface area contributed by atoms with Gasteiger partial charge in [0.2, 0.25) is 0 Å². The third kappa shape index (κ3) is 6.58. The van der Waals surface area contributed by atoms with Crippen molar-refractivity contribution in [3.8, 4) is 5.75 Å². The van der Waals surface area contributed by atoms with Gasteiger partial charge >= 0.3 is 0 Å². The Kier molecular flexibility index (Phi) is 8.13. The average Bonchev–Trinajstić information content (AvgIpc) is 3.06. The number of piperidine rings is 1. The van der Waals surface area contributed by atoms with Crippen LogP contribution >= 0.6 is 0 Å². The lowest BCUT2D eigenvalue weighted by molar-refractivity contribution is 0.142. The summed E-state index contributed by atoms with van der Waals surface area (Å²) in [5, 5.41) is 4.65. The molecule has 0 spiro atoms. The predicted octanol–water partition coefficient (Wildman–Crippen LogP) is 4.00. The zero-order valence-corrected chi connectivity index (χ0v) is 18.7. The van der Waals surface area contributed by atoms with Crippen molar-refractivity contribution in [2.75, 3.05) is 40.3 Å². The number of methoxy groups -OCH3 is 1. The second-order valence-electron chi connectivity index (χ2n) is 8.61. The molecule has 2 heterocycles. The van der Waals surface area contributed by atoms with Crippen molar-refractivity contribution in [3.63, 3.8) is 0 Å². The van der Waals surface area contributed by atoms with Crippen LogP contribution in [0.2, 0.25) is 0 Å². The molecule has 0 radical (unpaired) electrons. The van der Waals surface area contributed by atoms with Crippen LogP contribution in [0.5, 0.6) is 5.75 Å². The van der Waals surface area contributed by atoms with Gasteiger partial charge in [0, 0.05) is 44.5 Å². The smallest absolute Gasteiger partial charge is 0.118 e. The van der Waals surface area contributed by atoms with E-state index in [1.165, 1.54) is 42.8 Å². The van der Waals surface area contributed by atoms with E-state index in [1.54, 1.807) is 7.11 Å². The van der Waals surface area contributed by atoms with Gasteiger partial charge in [-0.05, 0) is 69.8 Å². The normalized spacial score (nSPS) is 17.8. The summed E-state index contributed by atoms with van der Waals surface area (Å²) in [6, 6.07) is 8.51. The molecule has 0 N–H and O–H groups in total. The maximum Gasteiger partial charge on any atom is 0.118 e. The lowest BCUT2D eigenvalue weighted by Crippen LogP contribution is -2.40. The van der Waals surface area contributed by atoms with Gasteiger partial charge in [0.15, 0.2) is 0 Å². The Morgan fingerprint density at radius 3 is 2.72 bits per heavy atom. The third-order valence-corrected chi connectivity index (χ3v) is 5.99. The molecule has 1 aliphatic rings. The molecule has 0 saturated carbocycles. The highest BCUT2D eigenvalue weighted by Crippen LogP contribution is 2.20. The van der Waals surface area contributed by atoms with Crippen LogP contribution in [-0.4, -0.2) is 59.9 Å². The standard InChI is InChI=1S/C24H38N4O/c1-5-13-28-19-23(20(2)25-28)18-26(3)16-22-7-6-14-27(17-22)15-12-21-8-10-24(29-4)11-9-21/h8-11,19,22H,5-7,12-18H2,1-4H3. The summed E-state index contributed by atoms with van der Waals surface area (Å²) in [5.41, 5.74) is 3.94. The molecule has 1 aromatic heterocycles. The van der Waals surface area contributed by atoms with Crippen LogP contribution in [0.15, 0.2) is 30.5 Å². The van der Waals surface area contributed by atoms with Gasteiger partial charge in [0.1, 0.15) is 5.75 Å². The van der Waals surface area contributed by atoms with Crippen LogP contribution in [0.1, 0.15) is 43.0 Å². The van der Waals surface area contributed by atoms with E-state index in [1.807, 2.05) is 0 Å². The number of hydrogen-bond acceptors (Lipinski definition) is 4. The molecule has 1 aromatic carbocycles. The number of hydrogen-bond donors (Lipinski definition) is 0. The van der Waals surface area contributed by atoms with E-state index in [9.17, 15) is 0 Å². The van der Waals surface area contributed by atoms with Crippen molar-refractivity contribution in [3.05, 3.63) is 47.3 Å². The molecule has 0 aliphatic carbocycles. The molecular weight excluding hydrogens is 360 g/mol. The van der Waals surface area contributed by atoms with Crippen molar-refractivity contribution in [1.82, 2.24) is 19.6 Å². The van der Waals surface area contributed by atoms with Gasteiger partial charge in [0.05, 0.1) is 12.8 Å². The van der Waals surface area contributed by atoms with Gasteiger partial charge in [-0.25, -0.2) is 0 Å². The van der Waals surface area contributed by atoms with Crippen LogP contribution in [0.25, 0.3) is 0 Å². The van der Waals surface area contributed by atoms with Gasteiger partial charge in [-0.3, -0.25) is 4.68 Å². The summed E-state index contributed by atoms with van der Waals surface area (Å²) in [6.07, 6.45) is 7.14. The zero-order valence-electron chi connectivity index (χ0n) is 18.7. The van der Waals surface area contributed by atoms with E-state index in [-0.39, 0.29) is 0 Å². The molecule has 2 aromatic rings. The number of aromatic nitrogens is 2. The lowest BCUT2D eigenvalue weighted by atomic mass is 9.97. The van der Waals surface area contributed by atoms with Crippen LogP contribution < -0.4 is 4.74 Å². The van der Waals surface area contributed by atoms with Gasteiger partial charge in [-0.2, -0.15) is 5.10 Å². The minimum absolute atomic E-state index is 0.760. The first-order valence-electron chi connectivity index (χ1n) is 11.1. The van der Waals surface area contributed by atoms with E-state index in [0.717, 1.165) is 50.7 Å². The molecule has 1 atom stereocenters. The van der Waals surface area contributed by atoms with E-state index in [2.05, 4.69) is 70.9 Å². The first-order valence-corrected chi connectivity index (χ1v) is 11.1. The highest BCUT2D eigenvalue weighted by Gasteiger charge is 2.21. The maximum atomic E-state index is 5.26. The topological polar surface area (TPSA) is 33.5 Å². The molecule has 1 fully saturated rings. The van der Waals surface area contributed by atoms with Crippen LogP contribution in [-0.2, 0) is 19.5 Å². The molecule has 1 unspecified atom stereocenters. The van der Waals surface area contributed by atoms with Crippen molar-refractivity contribution < 1.29 is 4.74 Å². The fraction of sp³-hybridized carbons (Fsp3) is 0.625. The summed E-state index contributed by atoms with van der Waals surface area (Å²) >= 11 is 0. The van der Waals surface area contributed by atoms with Crippen molar-refractivity contribution >= 4 is 0 Å². The second-order valence-corrected chi connectivity index (χ2v) is 8.61. The van der Waals surface area contributed by atoms with Crippen LogP contribution in [0, 0.1) is 12.8 Å². The summed E-state index contributed by atoms with van der Waals surface area (Å²) in [4.78, 5) is 5.13. The van der Waals surface area contributed by atoms with Crippen molar-refractivity contribution in [2.24, 2.45) is 5.92 Å². The monoisotopic (exact) mass is 398 g/mol. The molecule has 160 valence electrons. The Balaban J connectivity index is 1.44. The van der Waals surface area contributed by atoms with Crippen molar-refractivity contribution in [2.45, 2.75) is 52.6 Å². The fourth-order valence-corrected chi connectivity index (χ4v) is 4.44. The Hall–Kier alpha value is -1.85. The summed E-state index contributed by atoms with van der Waals surface area (Å²) < 4.78 is 7.35. The predicted molar refractivity (Wildman–Crippen MR) is 119 cm³/mol. The van der Waals surface area contributed by atoms with Crippen molar-refractivity contribution in [1.29, 1.82) is 0 Å². The number of benzene rings is 1. The molecule has 5 nitrogen and oxygen atoms in total. The van der Waals surface area contributed by atoms with Gasteiger partial charge < -0.3 is 14.5 Å². The zero-order chi connectivity index (χ0) is 20.6. The molecule has 1 aliphatic heterocycles. The Morgan fingerprint density at radius 1 is 1.21 bits per heavy atom. The first-order chi connectivity index (χ1) is 14.1. The largest absolute Gasteiger partial charge is 0.497 e.